The van der Waals surface area contributed by atoms with Gasteiger partial charge in [-0.3, -0.25) is 10.1 Å². The lowest BCUT2D eigenvalue weighted by Crippen LogP contribution is -2.08. The van der Waals surface area contributed by atoms with Crippen LogP contribution >= 0.6 is 10.7 Å². The van der Waals surface area contributed by atoms with Gasteiger partial charge in [-0.25, -0.2) is 17.2 Å². The Kier molecular flexibility index (Phi) is 4.76. The van der Waals surface area contributed by atoms with E-state index in [2.05, 4.69) is 4.74 Å². The summed E-state index contributed by atoms with van der Waals surface area (Å²) in [6.45, 7) is -3.53. The third-order valence-electron chi connectivity index (χ3n) is 2.00. The van der Waals surface area contributed by atoms with Gasteiger partial charge in [-0.1, -0.05) is 0 Å². The maximum atomic E-state index is 12.6. The Balaban J connectivity index is 3.65. The van der Waals surface area contributed by atoms with Gasteiger partial charge in [0.2, 0.25) is 0 Å². The van der Waals surface area contributed by atoms with Crippen LogP contribution in [-0.4, -0.2) is 20.0 Å². The van der Waals surface area contributed by atoms with Crippen molar-refractivity contribution in [2.24, 2.45) is 0 Å². The first kappa shape index (κ1) is 16.4. The number of nitrogens with zero attached hydrogens (tertiary/aromatic N) is 1. The summed E-state index contributed by atoms with van der Waals surface area (Å²) in [5.41, 5.74) is -2.55. The van der Waals surface area contributed by atoms with Gasteiger partial charge in [-0.15, -0.1) is 0 Å². The minimum Gasteiger partial charge on any atom is -0.433 e. The fraction of sp³-hybridized carbons (Fsp3) is 0.250. The summed E-state index contributed by atoms with van der Waals surface area (Å²) in [7, 11) is 0.180. The van der Waals surface area contributed by atoms with Crippen molar-refractivity contribution in [3.05, 3.63) is 27.8 Å². The Bertz CT molecular complexity index is 636. The second kappa shape index (κ2) is 5.79. The number of rotatable bonds is 5. The monoisotopic (exact) mass is 337 g/mol. The highest BCUT2D eigenvalue weighted by molar-refractivity contribution is 8.13. The molecule has 0 saturated carbocycles. The maximum absolute atomic E-state index is 12.6. The van der Waals surface area contributed by atoms with E-state index in [0.29, 0.717) is 0 Å². The number of nitro benzene ring substituents is 1. The number of ether oxygens (including phenoxy) is 1. The number of alkyl halides is 4. The summed E-state index contributed by atoms with van der Waals surface area (Å²) >= 11 is 0. The third-order valence-corrected chi connectivity index (χ3v) is 3.35. The molecule has 1 aromatic carbocycles. The number of benzene rings is 1. The molecule has 112 valence electrons. The van der Waals surface area contributed by atoms with Crippen LogP contribution in [0.25, 0.3) is 0 Å². The fourth-order valence-corrected chi connectivity index (χ4v) is 2.24. The average Bonchev–Trinajstić information content (AvgIpc) is 2.25. The van der Waals surface area contributed by atoms with Crippen molar-refractivity contribution in [2.75, 3.05) is 0 Å². The van der Waals surface area contributed by atoms with Crippen LogP contribution in [0.2, 0.25) is 0 Å². The Hall–Kier alpha value is -1.62. The number of hydrogen-bond acceptors (Lipinski definition) is 5. The van der Waals surface area contributed by atoms with Crippen LogP contribution < -0.4 is 4.74 Å². The first-order chi connectivity index (χ1) is 9.04. The molecule has 1 rings (SSSR count). The van der Waals surface area contributed by atoms with Crippen molar-refractivity contribution in [3.8, 4) is 5.75 Å². The fourth-order valence-electron chi connectivity index (χ4n) is 1.28. The molecule has 0 amide bonds. The summed E-state index contributed by atoms with van der Waals surface area (Å²) in [6, 6.07) is 0.283. The summed E-state index contributed by atoms with van der Waals surface area (Å²) in [5, 5.41) is 10.6. The zero-order valence-electron chi connectivity index (χ0n) is 9.10. The highest BCUT2D eigenvalue weighted by Crippen LogP contribution is 2.38. The Morgan fingerprint density at radius 2 is 1.80 bits per heavy atom. The van der Waals surface area contributed by atoms with Crippen molar-refractivity contribution in [2.45, 2.75) is 17.9 Å². The molecule has 0 bridgehead atoms. The SMILES string of the molecule is O=[N+]([O-])c1cc(S(=O)(=O)Cl)c(OC(F)F)cc1C(F)F. The van der Waals surface area contributed by atoms with E-state index in [-0.39, 0.29) is 12.1 Å². The predicted molar refractivity (Wildman–Crippen MR) is 57.7 cm³/mol. The lowest BCUT2D eigenvalue weighted by atomic mass is 10.2. The van der Waals surface area contributed by atoms with Crippen LogP contribution in [0.4, 0.5) is 23.2 Å². The molecule has 12 heteroatoms. The van der Waals surface area contributed by atoms with Crippen molar-refractivity contribution in [1.29, 1.82) is 0 Å². The molecule has 20 heavy (non-hydrogen) atoms. The van der Waals surface area contributed by atoms with E-state index in [1.165, 1.54) is 0 Å². The average molecular weight is 338 g/mol. The lowest BCUT2D eigenvalue weighted by Gasteiger charge is -2.11. The number of hydrogen-bond donors (Lipinski definition) is 0. The van der Waals surface area contributed by atoms with Crippen molar-refractivity contribution in [3.63, 3.8) is 0 Å². The zero-order valence-corrected chi connectivity index (χ0v) is 10.7. The molecule has 0 N–H and O–H groups in total. The Morgan fingerprint density at radius 3 is 2.15 bits per heavy atom. The topological polar surface area (TPSA) is 86.5 Å². The highest BCUT2D eigenvalue weighted by atomic mass is 35.7. The largest absolute Gasteiger partial charge is 0.433 e. The van der Waals surface area contributed by atoms with Crippen molar-refractivity contribution >= 4 is 25.4 Å². The van der Waals surface area contributed by atoms with Gasteiger partial charge in [0, 0.05) is 16.7 Å². The van der Waals surface area contributed by atoms with Crippen LogP contribution in [0.1, 0.15) is 12.0 Å². The minimum atomic E-state index is -4.71. The molecular formula is C8H4ClF4NO5S. The summed E-state index contributed by atoms with van der Waals surface area (Å²) in [6.07, 6.45) is -3.40. The van der Waals surface area contributed by atoms with E-state index in [1.807, 2.05) is 0 Å². The van der Waals surface area contributed by atoms with Gasteiger partial charge in [-0.2, -0.15) is 8.78 Å². The molecule has 0 aliphatic carbocycles. The van der Waals surface area contributed by atoms with E-state index < -0.39 is 48.9 Å². The minimum absolute atomic E-state index is 0.140. The highest BCUT2D eigenvalue weighted by Gasteiger charge is 2.30. The molecule has 0 saturated heterocycles. The summed E-state index contributed by atoms with van der Waals surface area (Å²) in [5.74, 6) is -1.20. The van der Waals surface area contributed by atoms with Gasteiger partial charge in [-0.05, 0) is 6.07 Å². The molecule has 0 aromatic heterocycles. The first-order valence-corrected chi connectivity index (χ1v) is 6.85. The number of nitro groups is 1. The number of halogens is 5. The molecule has 6 nitrogen and oxygen atoms in total. The van der Waals surface area contributed by atoms with E-state index in [4.69, 9.17) is 10.7 Å². The van der Waals surface area contributed by atoms with Gasteiger partial charge in [0.05, 0.1) is 10.5 Å². The molecule has 0 heterocycles. The first-order valence-electron chi connectivity index (χ1n) is 4.54. The normalized spacial score (nSPS) is 11.9. The van der Waals surface area contributed by atoms with Crippen LogP contribution in [0, 0.1) is 10.1 Å². The van der Waals surface area contributed by atoms with Gasteiger partial charge >= 0.3 is 6.61 Å². The molecule has 0 unspecified atom stereocenters. The van der Waals surface area contributed by atoms with Crippen LogP contribution in [0.3, 0.4) is 0 Å². The predicted octanol–water partition coefficient (Wildman–Crippen LogP) is 3.06. The van der Waals surface area contributed by atoms with Crippen molar-refractivity contribution in [1.82, 2.24) is 0 Å². The quantitative estimate of drug-likeness (QED) is 0.357. The maximum Gasteiger partial charge on any atom is 0.387 e. The van der Waals surface area contributed by atoms with Crippen molar-refractivity contribution < 1.29 is 35.6 Å². The second-order valence-corrected chi connectivity index (χ2v) is 5.77. The van der Waals surface area contributed by atoms with E-state index in [1.54, 1.807) is 0 Å². The third kappa shape index (κ3) is 3.70. The molecular weight excluding hydrogens is 334 g/mol. The van der Waals surface area contributed by atoms with Crippen LogP contribution in [-0.2, 0) is 9.05 Å². The van der Waals surface area contributed by atoms with Gasteiger partial charge < -0.3 is 4.74 Å². The molecule has 1 aromatic rings. The molecule has 0 atom stereocenters. The second-order valence-electron chi connectivity index (χ2n) is 3.23. The van der Waals surface area contributed by atoms with Crippen LogP contribution in [0.15, 0.2) is 17.0 Å². The molecule has 0 spiro atoms. The van der Waals surface area contributed by atoms with E-state index in [0.717, 1.165) is 0 Å². The van der Waals surface area contributed by atoms with E-state index >= 15 is 0 Å². The Morgan fingerprint density at radius 1 is 1.25 bits per heavy atom. The van der Waals surface area contributed by atoms with Gasteiger partial charge in [0.1, 0.15) is 10.6 Å². The summed E-state index contributed by atoms with van der Waals surface area (Å²) < 4.78 is 75.4. The Labute approximate surface area is 113 Å². The smallest absolute Gasteiger partial charge is 0.387 e. The van der Waals surface area contributed by atoms with Gasteiger partial charge in [0.25, 0.3) is 21.2 Å². The zero-order chi connectivity index (χ0) is 15.7. The molecule has 0 aliphatic rings. The molecule has 0 aliphatic heterocycles. The van der Waals surface area contributed by atoms with Crippen LogP contribution in [0.5, 0.6) is 5.75 Å². The summed E-state index contributed by atoms with van der Waals surface area (Å²) in [4.78, 5) is 8.09. The van der Waals surface area contributed by atoms with E-state index in [9.17, 15) is 36.1 Å². The lowest BCUT2D eigenvalue weighted by molar-refractivity contribution is -0.386. The molecule has 0 fully saturated rings. The van der Waals surface area contributed by atoms with Gasteiger partial charge in [0.15, 0.2) is 0 Å². The molecule has 0 radical (unpaired) electrons. The standard InChI is InChI=1S/C8H4ClF4NO5S/c9-20(17,18)6-2-4(14(15)16)3(7(10)11)1-5(6)19-8(12)13/h1-2,7-8H.